The molecule has 2 aliphatic rings. The number of hydrogen-bond acceptors (Lipinski definition) is 5. The number of hydrogen-bond donors (Lipinski definition) is 3. The van der Waals surface area contributed by atoms with Crippen LogP contribution in [-0.4, -0.2) is 51.6 Å². The number of alkyl halides is 3. The summed E-state index contributed by atoms with van der Waals surface area (Å²) in [4.78, 5) is 36.8. The Morgan fingerprint density at radius 1 is 1.15 bits per heavy atom. The molecule has 2 saturated carbocycles. The van der Waals surface area contributed by atoms with Gasteiger partial charge in [-0.1, -0.05) is 6.92 Å². The first-order chi connectivity index (χ1) is 18.7. The van der Waals surface area contributed by atoms with E-state index in [0.717, 1.165) is 12.8 Å². The van der Waals surface area contributed by atoms with Crippen LogP contribution in [0.2, 0.25) is 0 Å². The fourth-order valence-electron chi connectivity index (χ4n) is 5.07. The summed E-state index contributed by atoms with van der Waals surface area (Å²) in [6, 6.07) is 3.25. The molecule has 0 aliphatic heterocycles. The molecule has 11 heteroatoms. The van der Waals surface area contributed by atoms with Crippen LogP contribution in [-0.2, 0) is 4.79 Å². The Bertz CT molecular complexity index is 1370. The smallest absolute Gasteiger partial charge is 0.263 e. The van der Waals surface area contributed by atoms with Crippen LogP contribution in [0.1, 0.15) is 73.5 Å². The van der Waals surface area contributed by atoms with Crippen LogP contribution < -0.4 is 15.4 Å². The van der Waals surface area contributed by atoms with Crippen molar-refractivity contribution in [3.05, 3.63) is 41.3 Å². The molecule has 2 amide bonds. The van der Waals surface area contributed by atoms with Gasteiger partial charge < -0.3 is 20.4 Å². The molecule has 3 N–H and O–H groups in total. The van der Waals surface area contributed by atoms with Crippen LogP contribution in [0, 0.1) is 12.8 Å². The summed E-state index contributed by atoms with van der Waals surface area (Å²) in [5.41, 5.74) is 2.00. The largest absolute Gasteiger partial charge is 0.493 e. The van der Waals surface area contributed by atoms with Gasteiger partial charge >= 0.3 is 0 Å². The van der Waals surface area contributed by atoms with E-state index in [1.54, 1.807) is 13.8 Å². The number of fused-ring (bicyclic) bond motifs is 1. The van der Waals surface area contributed by atoms with Crippen LogP contribution in [0.25, 0.3) is 22.3 Å². The predicted molar refractivity (Wildman–Crippen MR) is 139 cm³/mol. The van der Waals surface area contributed by atoms with E-state index in [1.165, 1.54) is 24.5 Å². The number of H-pyrrole nitrogens is 1. The fourth-order valence-corrected chi connectivity index (χ4v) is 5.07. The van der Waals surface area contributed by atoms with Gasteiger partial charge in [-0.15, -0.1) is 0 Å². The quantitative estimate of drug-likeness (QED) is 0.345. The number of aryl methyl sites for hydroxylation is 1. The van der Waals surface area contributed by atoms with Gasteiger partial charge in [0.1, 0.15) is 29.5 Å². The van der Waals surface area contributed by atoms with Crippen molar-refractivity contribution >= 4 is 22.8 Å². The summed E-state index contributed by atoms with van der Waals surface area (Å²) < 4.78 is 48.1. The lowest BCUT2D eigenvalue weighted by molar-refractivity contribution is -0.121. The summed E-state index contributed by atoms with van der Waals surface area (Å²) in [6.45, 7) is 3.93. The second-order valence-electron chi connectivity index (χ2n) is 10.4. The third kappa shape index (κ3) is 5.86. The zero-order chi connectivity index (χ0) is 27.7. The number of carbonyl (C=O) groups excluding carboxylic acids is 2. The maximum Gasteiger partial charge on any atom is 0.263 e. The number of aromatic nitrogens is 3. The number of nitrogens with zero attached hydrogens (tertiary/aromatic N) is 2. The summed E-state index contributed by atoms with van der Waals surface area (Å²) in [5, 5.41) is 5.61. The van der Waals surface area contributed by atoms with Crippen molar-refractivity contribution < 1.29 is 27.5 Å². The van der Waals surface area contributed by atoms with E-state index in [2.05, 4.69) is 25.6 Å². The second kappa shape index (κ2) is 11.2. The maximum absolute atomic E-state index is 15.0. The highest BCUT2D eigenvalue weighted by molar-refractivity contribution is 6.09. The Labute approximate surface area is 224 Å². The van der Waals surface area contributed by atoms with Gasteiger partial charge in [0.25, 0.3) is 12.3 Å². The first-order valence-electron chi connectivity index (χ1n) is 13.4. The van der Waals surface area contributed by atoms with Gasteiger partial charge in [0.15, 0.2) is 0 Å². The average molecular weight is 544 g/mol. The van der Waals surface area contributed by atoms with Crippen molar-refractivity contribution in [2.24, 2.45) is 5.92 Å². The molecule has 5 rings (SSSR count). The molecule has 8 nitrogen and oxygen atoms in total. The minimum atomic E-state index is -2.68. The number of rotatable bonds is 9. The molecule has 2 aromatic heterocycles. The number of benzene rings is 1. The monoisotopic (exact) mass is 543 g/mol. The van der Waals surface area contributed by atoms with E-state index in [1.807, 2.05) is 0 Å². The maximum atomic E-state index is 15.0. The summed E-state index contributed by atoms with van der Waals surface area (Å²) >= 11 is 0. The zero-order valence-electron chi connectivity index (χ0n) is 21.9. The fraction of sp³-hybridized carbons (Fsp3) is 0.500. The molecule has 0 saturated heterocycles. The topological polar surface area (TPSA) is 109 Å². The van der Waals surface area contributed by atoms with E-state index in [0.29, 0.717) is 65.5 Å². The highest BCUT2D eigenvalue weighted by atomic mass is 19.3. The van der Waals surface area contributed by atoms with E-state index in [-0.39, 0.29) is 29.5 Å². The van der Waals surface area contributed by atoms with Crippen molar-refractivity contribution in [1.82, 2.24) is 25.6 Å². The molecule has 1 aromatic carbocycles. The van der Waals surface area contributed by atoms with Crippen molar-refractivity contribution in [2.45, 2.75) is 77.1 Å². The molecule has 0 unspecified atom stereocenters. The third-order valence-corrected chi connectivity index (χ3v) is 7.46. The summed E-state index contributed by atoms with van der Waals surface area (Å²) in [5.74, 6) is 0.272. The van der Waals surface area contributed by atoms with E-state index in [9.17, 15) is 22.8 Å². The van der Waals surface area contributed by atoms with Gasteiger partial charge in [-0.2, -0.15) is 0 Å². The van der Waals surface area contributed by atoms with Gasteiger partial charge in [-0.05, 0) is 56.7 Å². The number of carbonyl (C=O) groups is 2. The molecular weight excluding hydrogens is 511 g/mol. The van der Waals surface area contributed by atoms with Crippen molar-refractivity contribution in [1.29, 1.82) is 0 Å². The van der Waals surface area contributed by atoms with Gasteiger partial charge in [0, 0.05) is 35.7 Å². The lowest BCUT2D eigenvalue weighted by Crippen LogP contribution is -2.50. The molecule has 3 atom stereocenters. The molecule has 0 spiro atoms. The predicted octanol–water partition coefficient (Wildman–Crippen LogP) is 5.17. The zero-order valence-corrected chi connectivity index (χ0v) is 21.9. The van der Waals surface area contributed by atoms with Gasteiger partial charge in [-0.3, -0.25) is 9.59 Å². The standard InChI is InChI=1S/C28H32F3N5O3/c1-3-22(37)35-17-7-8-20(19(29)11-17)36-28(38)23-14(2)34-26-24(32-13-33-25(23)26)18-10-16(27(30)31)6-9-21(18)39-12-15-4-5-15/h6,9-10,13,15,17,19-20,27,34H,3-5,7-8,11-12H2,1-2H3,(H,35,37)(H,36,38)/t17-,19-,20+/m1/s1. The number of halogens is 3. The number of aromatic amines is 1. The number of nitrogens with one attached hydrogen (secondary N) is 3. The normalized spacial score (nSPS) is 21.2. The molecule has 3 aromatic rings. The van der Waals surface area contributed by atoms with Crippen LogP contribution >= 0.6 is 0 Å². The van der Waals surface area contributed by atoms with Crippen LogP contribution in [0.4, 0.5) is 13.2 Å². The summed E-state index contributed by atoms with van der Waals surface area (Å²) in [7, 11) is 0. The van der Waals surface area contributed by atoms with Crippen molar-refractivity contribution in [3.63, 3.8) is 0 Å². The molecule has 2 fully saturated rings. The molecule has 2 aliphatic carbocycles. The highest BCUT2D eigenvalue weighted by Crippen LogP contribution is 2.38. The molecule has 2 heterocycles. The molecular formula is C28H32F3N5O3. The number of amides is 2. The van der Waals surface area contributed by atoms with Gasteiger partial charge in [-0.25, -0.2) is 23.1 Å². The first kappa shape index (κ1) is 27.0. The lowest BCUT2D eigenvalue weighted by atomic mass is 9.89. The summed E-state index contributed by atoms with van der Waals surface area (Å²) in [6.07, 6.45) is 0.828. The molecule has 0 bridgehead atoms. The Morgan fingerprint density at radius 3 is 2.64 bits per heavy atom. The van der Waals surface area contributed by atoms with Crippen molar-refractivity contribution in [2.75, 3.05) is 6.61 Å². The minimum absolute atomic E-state index is 0.125. The van der Waals surface area contributed by atoms with Crippen LogP contribution in [0.15, 0.2) is 24.5 Å². The van der Waals surface area contributed by atoms with Crippen LogP contribution in [0.3, 0.4) is 0 Å². The average Bonchev–Trinajstić information content (AvgIpc) is 3.68. The number of ether oxygens (including phenoxy) is 1. The van der Waals surface area contributed by atoms with E-state index < -0.39 is 24.5 Å². The molecule has 39 heavy (non-hydrogen) atoms. The van der Waals surface area contributed by atoms with E-state index in [4.69, 9.17) is 4.74 Å². The third-order valence-electron chi connectivity index (χ3n) is 7.46. The minimum Gasteiger partial charge on any atom is -0.493 e. The molecule has 0 radical (unpaired) electrons. The Hall–Kier alpha value is -3.63. The Kier molecular flexibility index (Phi) is 7.76. The first-order valence-corrected chi connectivity index (χ1v) is 13.4. The van der Waals surface area contributed by atoms with Gasteiger partial charge in [0.05, 0.1) is 23.7 Å². The second-order valence-corrected chi connectivity index (χ2v) is 10.4. The van der Waals surface area contributed by atoms with Crippen molar-refractivity contribution in [3.8, 4) is 17.0 Å². The molecule has 208 valence electrons. The SMILES string of the molecule is CCC(=O)N[C@@H]1CC[C@H](NC(=O)c2c(C)[nH]c3c(-c4cc(C(F)F)ccc4OCC4CC4)ncnc23)[C@H](F)C1. The highest BCUT2D eigenvalue weighted by Gasteiger charge is 2.33. The Balaban J connectivity index is 1.42. The van der Waals surface area contributed by atoms with Crippen LogP contribution in [0.5, 0.6) is 5.75 Å². The lowest BCUT2D eigenvalue weighted by Gasteiger charge is -2.32. The van der Waals surface area contributed by atoms with Gasteiger partial charge in [0.2, 0.25) is 5.91 Å². The van der Waals surface area contributed by atoms with E-state index >= 15 is 0 Å². The Morgan fingerprint density at radius 2 is 1.95 bits per heavy atom.